The van der Waals surface area contributed by atoms with E-state index in [1.165, 1.54) is 44.1 Å². The zero-order valence-electron chi connectivity index (χ0n) is 30.6. The van der Waals surface area contributed by atoms with Crippen molar-refractivity contribution in [3.05, 3.63) is 34.9 Å². The molecule has 1 saturated carbocycles. The molecule has 0 amide bonds. The maximum Gasteiger partial charge on any atom is 0.193 e. The van der Waals surface area contributed by atoms with Gasteiger partial charge in [-0.1, -0.05) is 91.1 Å². The number of hydrogen-bond acceptors (Lipinski definition) is 5. The standard InChI is InChI=1S/C37H66ClNO4Si2/c1-28(33-15-13-22-37(33)21-12-14-31-18-17-29(27-39(31)37)34-40-24-25-41-34)16-19-32(43-45(10,11)36(5,6)7)26-30(38)20-23-42-44(8,9)35(2,3)4/h16-17,19,26,28,31-34H,12-15,18,20-25,27H2,1-11H3/b19-16+,30-26-/t28-,31+,32?,33+,37+/m0/s1. The second-order valence-electron chi connectivity index (χ2n) is 17.4. The van der Waals surface area contributed by atoms with E-state index in [1.807, 2.05) is 0 Å². The summed E-state index contributed by atoms with van der Waals surface area (Å²) >= 11 is 6.93. The summed E-state index contributed by atoms with van der Waals surface area (Å²) < 4.78 is 25.4. The molecule has 0 aromatic carbocycles. The fraction of sp³-hybridized carbons (Fsp3) is 0.838. The van der Waals surface area contributed by atoms with Gasteiger partial charge in [-0.15, -0.1) is 0 Å². The minimum Gasteiger partial charge on any atom is -0.416 e. The SMILES string of the molecule is C[C@@H](/C=C/C(/C=C(\Cl)CCO[Si](C)(C)C(C)(C)C)O[Si](C)(C)C(C)(C)C)[C@H]1CCC[C@]12CCC[C@@H]1CC=C(C3OCCO3)CN12. The van der Waals surface area contributed by atoms with Gasteiger partial charge in [-0.05, 0) is 91.9 Å². The fourth-order valence-electron chi connectivity index (χ4n) is 7.58. The van der Waals surface area contributed by atoms with Crippen LogP contribution in [0.4, 0.5) is 0 Å². The molecule has 1 aliphatic carbocycles. The summed E-state index contributed by atoms with van der Waals surface area (Å²) in [6.07, 6.45) is 18.8. The molecule has 0 aromatic heterocycles. The van der Waals surface area contributed by atoms with Crippen molar-refractivity contribution < 1.29 is 18.3 Å². The highest BCUT2D eigenvalue weighted by molar-refractivity contribution is 6.74. The Kier molecular flexibility index (Phi) is 12.3. The Hall–Kier alpha value is -0.256. The third kappa shape index (κ3) is 8.86. The van der Waals surface area contributed by atoms with Gasteiger partial charge < -0.3 is 18.3 Å². The third-order valence-corrected chi connectivity index (χ3v) is 21.7. The van der Waals surface area contributed by atoms with Crippen LogP contribution in [0.3, 0.4) is 0 Å². The van der Waals surface area contributed by atoms with Gasteiger partial charge in [0.1, 0.15) is 0 Å². The van der Waals surface area contributed by atoms with Crippen molar-refractivity contribution >= 4 is 28.2 Å². The first-order chi connectivity index (χ1) is 20.9. The largest absolute Gasteiger partial charge is 0.416 e. The molecular formula is C37H66ClNO4Si2. The molecule has 1 unspecified atom stereocenters. The number of fused-ring (bicyclic) bond motifs is 2. The monoisotopic (exact) mass is 679 g/mol. The number of hydrogen-bond donors (Lipinski definition) is 0. The molecular weight excluding hydrogens is 614 g/mol. The molecule has 3 heterocycles. The van der Waals surface area contributed by atoms with Crippen LogP contribution in [0.5, 0.6) is 0 Å². The van der Waals surface area contributed by atoms with E-state index < -0.39 is 16.6 Å². The molecule has 3 fully saturated rings. The van der Waals surface area contributed by atoms with E-state index >= 15 is 0 Å². The third-order valence-electron chi connectivity index (χ3n) is 12.3. The quantitative estimate of drug-likeness (QED) is 0.161. The van der Waals surface area contributed by atoms with Crippen LogP contribution in [0.25, 0.3) is 0 Å². The van der Waals surface area contributed by atoms with Crippen LogP contribution >= 0.6 is 11.6 Å². The van der Waals surface area contributed by atoms with Gasteiger partial charge in [-0.25, -0.2) is 0 Å². The molecule has 0 bridgehead atoms. The molecule has 3 aliphatic heterocycles. The summed E-state index contributed by atoms with van der Waals surface area (Å²) in [5.74, 6) is 1.09. The number of piperidine rings is 1. The highest BCUT2D eigenvalue weighted by atomic mass is 35.5. The van der Waals surface area contributed by atoms with Gasteiger partial charge in [0.25, 0.3) is 0 Å². The van der Waals surface area contributed by atoms with Crippen LogP contribution in [0.1, 0.15) is 99.8 Å². The van der Waals surface area contributed by atoms with Crippen LogP contribution in [0, 0.1) is 11.8 Å². The summed E-state index contributed by atoms with van der Waals surface area (Å²) in [6.45, 7) is 28.6. The first-order valence-electron chi connectivity index (χ1n) is 17.9. The Labute approximate surface area is 283 Å². The maximum absolute atomic E-state index is 6.99. The van der Waals surface area contributed by atoms with Gasteiger partial charge in [0, 0.05) is 36.2 Å². The van der Waals surface area contributed by atoms with Crippen LogP contribution in [-0.2, 0) is 18.3 Å². The number of halogens is 1. The molecule has 8 heteroatoms. The van der Waals surface area contributed by atoms with Crippen molar-refractivity contribution in [1.29, 1.82) is 0 Å². The Morgan fingerprint density at radius 3 is 2.24 bits per heavy atom. The molecule has 0 aromatic rings. The van der Waals surface area contributed by atoms with E-state index in [2.05, 4.69) is 104 Å². The van der Waals surface area contributed by atoms with Gasteiger partial charge in [-0.2, -0.15) is 0 Å². The van der Waals surface area contributed by atoms with Crippen molar-refractivity contribution in [2.45, 2.75) is 160 Å². The zero-order chi connectivity index (χ0) is 33.3. The molecule has 5 nitrogen and oxygen atoms in total. The van der Waals surface area contributed by atoms with Crippen LogP contribution < -0.4 is 0 Å². The predicted molar refractivity (Wildman–Crippen MR) is 195 cm³/mol. The van der Waals surface area contributed by atoms with E-state index in [0.717, 1.165) is 24.4 Å². The van der Waals surface area contributed by atoms with Crippen molar-refractivity contribution in [3.63, 3.8) is 0 Å². The maximum atomic E-state index is 6.99. The summed E-state index contributed by atoms with van der Waals surface area (Å²) in [5, 5.41) is 1.15. The topological polar surface area (TPSA) is 40.2 Å². The van der Waals surface area contributed by atoms with Gasteiger partial charge in [0.2, 0.25) is 0 Å². The van der Waals surface area contributed by atoms with Crippen molar-refractivity contribution in [1.82, 2.24) is 4.90 Å². The lowest BCUT2D eigenvalue weighted by atomic mass is 9.70. The normalized spacial score (nSPS) is 29.4. The first kappa shape index (κ1) is 37.6. The molecule has 4 aliphatic rings. The summed E-state index contributed by atoms with van der Waals surface area (Å²) in [6, 6.07) is 0.644. The Morgan fingerprint density at radius 2 is 1.62 bits per heavy atom. The molecule has 1 spiro atoms. The van der Waals surface area contributed by atoms with Crippen LogP contribution in [-0.4, -0.2) is 71.9 Å². The number of ether oxygens (including phenoxy) is 2. The molecule has 4 rings (SSSR count). The minimum atomic E-state index is -2.02. The zero-order valence-corrected chi connectivity index (χ0v) is 33.4. The smallest absolute Gasteiger partial charge is 0.193 e. The summed E-state index contributed by atoms with van der Waals surface area (Å²) in [4.78, 5) is 2.90. The molecule has 2 saturated heterocycles. The van der Waals surface area contributed by atoms with Crippen molar-refractivity contribution in [2.75, 3.05) is 26.4 Å². The molecule has 5 atom stereocenters. The second-order valence-corrected chi connectivity index (χ2v) is 27.5. The molecule has 258 valence electrons. The second kappa shape index (κ2) is 14.7. The molecule has 45 heavy (non-hydrogen) atoms. The molecule has 0 N–H and O–H groups in total. The van der Waals surface area contributed by atoms with Gasteiger partial charge >= 0.3 is 0 Å². The Morgan fingerprint density at radius 1 is 1.00 bits per heavy atom. The van der Waals surface area contributed by atoms with E-state index in [-0.39, 0.29) is 28.0 Å². The van der Waals surface area contributed by atoms with Crippen LogP contribution in [0.15, 0.2) is 34.9 Å². The molecule has 0 radical (unpaired) electrons. The van der Waals surface area contributed by atoms with Gasteiger partial charge in [0.05, 0.1) is 19.3 Å². The van der Waals surface area contributed by atoms with E-state index in [9.17, 15) is 0 Å². The highest BCUT2D eigenvalue weighted by Gasteiger charge is 2.53. The van der Waals surface area contributed by atoms with Gasteiger partial charge in [0.15, 0.2) is 22.9 Å². The Bertz CT molecular complexity index is 1080. The van der Waals surface area contributed by atoms with Crippen LogP contribution in [0.2, 0.25) is 36.3 Å². The van der Waals surface area contributed by atoms with Gasteiger partial charge in [-0.3, -0.25) is 4.90 Å². The van der Waals surface area contributed by atoms with Crippen molar-refractivity contribution in [2.24, 2.45) is 11.8 Å². The van der Waals surface area contributed by atoms with E-state index in [0.29, 0.717) is 37.7 Å². The summed E-state index contributed by atoms with van der Waals surface area (Å²) in [5.41, 5.74) is 1.61. The first-order valence-corrected chi connectivity index (χ1v) is 24.1. The highest BCUT2D eigenvalue weighted by Crippen LogP contribution is 2.52. The number of allylic oxidation sites excluding steroid dienone is 1. The number of rotatable bonds is 11. The van der Waals surface area contributed by atoms with E-state index in [4.69, 9.17) is 29.9 Å². The lowest BCUT2D eigenvalue weighted by molar-refractivity contribution is -0.0577. The average Bonchev–Trinajstić information content (AvgIpc) is 3.61. The number of nitrogens with zero attached hydrogens (tertiary/aromatic N) is 1. The average molecular weight is 681 g/mol. The minimum absolute atomic E-state index is 0.120. The Balaban J connectivity index is 1.51. The lowest BCUT2D eigenvalue weighted by Crippen LogP contribution is -2.61. The lowest BCUT2D eigenvalue weighted by Gasteiger charge is -2.55. The van der Waals surface area contributed by atoms with E-state index in [1.54, 1.807) is 0 Å². The summed E-state index contributed by atoms with van der Waals surface area (Å²) in [7, 11) is -3.83. The predicted octanol–water partition coefficient (Wildman–Crippen LogP) is 10.2. The van der Waals surface area contributed by atoms with Crippen molar-refractivity contribution in [3.8, 4) is 0 Å². The fourth-order valence-corrected chi connectivity index (χ4v) is 10.0.